The van der Waals surface area contributed by atoms with Crippen LogP contribution in [0.1, 0.15) is 17.0 Å². The first-order valence-corrected chi connectivity index (χ1v) is 7.68. The van der Waals surface area contributed by atoms with E-state index in [1.807, 2.05) is 24.3 Å². The lowest BCUT2D eigenvalue weighted by Crippen LogP contribution is -2.07. The minimum atomic E-state index is 0. The van der Waals surface area contributed by atoms with E-state index in [0.29, 0.717) is 13.2 Å². The molecule has 3 heterocycles. The van der Waals surface area contributed by atoms with Gasteiger partial charge in [-0.1, -0.05) is 6.07 Å². The van der Waals surface area contributed by atoms with E-state index in [4.69, 9.17) is 9.47 Å². The van der Waals surface area contributed by atoms with E-state index >= 15 is 0 Å². The molecule has 3 aromatic rings. The first kappa shape index (κ1) is 18.2. The molecule has 0 atom stereocenters. The highest BCUT2D eigenvalue weighted by Crippen LogP contribution is 2.31. The van der Waals surface area contributed by atoms with Gasteiger partial charge < -0.3 is 14.0 Å². The van der Waals surface area contributed by atoms with Crippen LogP contribution in [0.4, 0.5) is 0 Å². The molecule has 0 aliphatic carbocycles. The zero-order valence-corrected chi connectivity index (χ0v) is 15.0. The summed E-state index contributed by atoms with van der Waals surface area (Å²) in [6, 6.07) is 7.73. The summed E-state index contributed by atoms with van der Waals surface area (Å²) in [7, 11) is 1.71. The average molecular weight is 348 g/mol. The Morgan fingerprint density at radius 3 is 2.62 bits per heavy atom. The molecule has 0 saturated heterocycles. The molecule has 0 radical (unpaired) electrons. The van der Waals surface area contributed by atoms with Gasteiger partial charge in [-0.15, -0.1) is 12.4 Å². The topological polar surface area (TPSA) is 49.2 Å². The lowest BCUT2D eigenvalue weighted by atomic mass is 10.2. The summed E-state index contributed by atoms with van der Waals surface area (Å²) in [5.41, 5.74) is 5.28. The fourth-order valence-electron chi connectivity index (χ4n) is 2.73. The molecule has 24 heavy (non-hydrogen) atoms. The predicted octanol–water partition coefficient (Wildman–Crippen LogP) is 3.70. The summed E-state index contributed by atoms with van der Waals surface area (Å²) in [5.74, 6) is 0.827. The largest absolute Gasteiger partial charge is 0.485 e. The molecule has 0 aromatic carbocycles. The van der Waals surface area contributed by atoms with Crippen molar-refractivity contribution < 1.29 is 9.47 Å². The van der Waals surface area contributed by atoms with Crippen molar-refractivity contribution in [3.63, 3.8) is 0 Å². The van der Waals surface area contributed by atoms with Crippen LogP contribution in [-0.4, -0.2) is 28.3 Å². The maximum atomic E-state index is 6.03. The van der Waals surface area contributed by atoms with Gasteiger partial charge in [-0.05, 0) is 31.5 Å². The van der Waals surface area contributed by atoms with Gasteiger partial charge in [0, 0.05) is 37.8 Å². The molecule has 0 N–H and O–H groups in total. The van der Waals surface area contributed by atoms with E-state index in [1.165, 1.54) is 11.3 Å². The maximum Gasteiger partial charge on any atom is 0.147 e. The second-order valence-electron chi connectivity index (χ2n) is 5.47. The minimum Gasteiger partial charge on any atom is -0.485 e. The van der Waals surface area contributed by atoms with Crippen LogP contribution < -0.4 is 4.74 Å². The summed E-state index contributed by atoms with van der Waals surface area (Å²) in [6.45, 7) is 6.07. The van der Waals surface area contributed by atoms with Gasteiger partial charge in [0.15, 0.2) is 0 Å². The summed E-state index contributed by atoms with van der Waals surface area (Å²) < 4.78 is 13.5. The Labute approximate surface area is 148 Å². The molecule has 0 amide bonds. The number of rotatable bonds is 6. The monoisotopic (exact) mass is 347 g/mol. The molecular weight excluding hydrogens is 326 g/mol. The van der Waals surface area contributed by atoms with Crippen LogP contribution >= 0.6 is 12.4 Å². The van der Waals surface area contributed by atoms with Gasteiger partial charge in [0.05, 0.1) is 17.8 Å². The molecule has 5 nitrogen and oxygen atoms in total. The van der Waals surface area contributed by atoms with Crippen LogP contribution in [-0.2, 0) is 17.9 Å². The standard InChI is InChI=1S/C18H21N3O2.ClH/c1-13-14(2)21(10-11-22-3)18-16(7-9-20-17(13)18)23-12-15-6-4-5-8-19-15;/h4-9H,10-12H2,1-3H3;1H. The van der Waals surface area contributed by atoms with Gasteiger partial charge in [-0.2, -0.15) is 0 Å². The van der Waals surface area contributed by atoms with E-state index in [0.717, 1.165) is 29.0 Å². The van der Waals surface area contributed by atoms with E-state index in [-0.39, 0.29) is 12.4 Å². The smallest absolute Gasteiger partial charge is 0.147 e. The summed E-state index contributed by atoms with van der Waals surface area (Å²) in [4.78, 5) is 8.83. The fourth-order valence-corrected chi connectivity index (χ4v) is 2.73. The highest BCUT2D eigenvalue weighted by molar-refractivity contribution is 5.86. The Balaban J connectivity index is 0.00000208. The molecule has 0 fully saturated rings. The molecule has 0 bridgehead atoms. The Bertz CT molecular complexity index is 803. The zero-order chi connectivity index (χ0) is 16.2. The van der Waals surface area contributed by atoms with Crippen molar-refractivity contribution in [1.82, 2.24) is 14.5 Å². The van der Waals surface area contributed by atoms with E-state index in [1.54, 1.807) is 19.5 Å². The molecule has 3 rings (SSSR count). The quantitative estimate of drug-likeness (QED) is 0.682. The Hall–Kier alpha value is -2.11. The Morgan fingerprint density at radius 1 is 1.08 bits per heavy atom. The fraction of sp³-hybridized carbons (Fsp3) is 0.333. The number of pyridine rings is 2. The van der Waals surface area contributed by atoms with Gasteiger partial charge in [-0.25, -0.2) is 0 Å². The molecule has 128 valence electrons. The lowest BCUT2D eigenvalue weighted by molar-refractivity contribution is 0.187. The second-order valence-corrected chi connectivity index (χ2v) is 5.47. The van der Waals surface area contributed by atoms with Gasteiger partial charge in [0.25, 0.3) is 0 Å². The molecule has 3 aromatic heterocycles. The van der Waals surface area contributed by atoms with Gasteiger partial charge in [0.1, 0.15) is 17.9 Å². The van der Waals surface area contributed by atoms with Crippen molar-refractivity contribution >= 4 is 23.4 Å². The van der Waals surface area contributed by atoms with Crippen LogP contribution in [0, 0.1) is 13.8 Å². The van der Waals surface area contributed by atoms with Crippen molar-refractivity contribution in [2.24, 2.45) is 0 Å². The molecule has 0 aliphatic heterocycles. The van der Waals surface area contributed by atoms with Crippen molar-refractivity contribution in [1.29, 1.82) is 0 Å². The number of halogens is 1. The van der Waals surface area contributed by atoms with Crippen molar-refractivity contribution in [2.75, 3.05) is 13.7 Å². The highest BCUT2D eigenvalue weighted by Gasteiger charge is 2.16. The van der Waals surface area contributed by atoms with Crippen molar-refractivity contribution in [3.8, 4) is 5.75 Å². The number of ether oxygens (including phenoxy) is 2. The number of hydrogen-bond acceptors (Lipinski definition) is 4. The summed E-state index contributed by atoms with van der Waals surface area (Å²) in [5, 5.41) is 0. The average Bonchev–Trinajstić information content (AvgIpc) is 2.84. The lowest BCUT2D eigenvalue weighted by Gasteiger charge is -2.12. The highest BCUT2D eigenvalue weighted by atomic mass is 35.5. The zero-order valence-electron chi connectivity index (χ0n) is 14.2. The predicted molar refractivity (Wildman–Crippen MR) is 96.9 cm³/mol. The Kier molecular flexibility index (Phi) is 6.17. The number of hydrogen-bond donors (Lipinski definition) is 0. The minimum absolute atomic E-state index is 0. The van der Waals surface area contributed by atoms with Crippen LogP contribution in [0.25, 0.3) is 11.0 Å². The molecule has 6 heteroatoms. The van der Waals surface area contributed by atoms with Gasteiger partial charge in [-0.3, -0.25) is 9.97 Å². The first-order valence-electron chi connectivity index (χ1n) is 7.68. The van der Waals surface area contributed by atoms with E-state index < -0.39 is 0 Å². The van der Waals surface area contributed by atoms with Crippen molar-refractivity contribution in [2.45, 2.75) is 27.0 Å². The van der Waals surface area contributed by atoms with Crippen LogP contribution in [0.3, 0.4) is 0 Å². The third kappa shape index (κ3) is 3.52. The number of methoxy groups -OCH3 is 1. The third-order valence-electron chi connectivity index (χ3n) is 4.08. The van der Waals surface area contributed by atoms with Crippen LogP contribution in [0.2, 0.25) is 0 Å². The van der Waals surface area contributed by atoms with Gasteiger partial charge >= 0.3 is 0 Å². The molecule has 0 aliphatic rings. The van der Waals surface area contributed by atoms with E-state index in [9.17, 15) is 0 Å². The SMILES string of the molecule is COCCn1c(C)c(C)c2nccc(OCc3ccccn3)c21.Cl. The van der Waals surface area contributed by atoms with Crippen LogP contribution in [0.5, 0.6) is 5.75 Å². The van der Waals surface area contributed by atoms with E-state index in [2.05, 4.69) is 28.4 Å². The van der Waals surface area contributed by atoms with Gasteiger partial charge in [0.2, 0.25) is 0 Å². The molecule has 0 unspecified atom stereocenters. The second kappa shape index (κ2) is 8.13. The van der Waals surface area contributed by atoms with Crippen molar-refractivity contribution in [3.05, 3.63) is 53.6 Å². The molecule has 0 spiro atoms. The molecule has 0 saturated carbocycles. The number of nitrogens with zero attached hydrogens (tertiary/aromatic N) is 3. The summed E-state index contributed by atoms with van der Waals surface area (Å²) in [6.07, 6.45) is 3.57. The maximum absolute atomic E-state index is 6.03. The Morgan fingerprint density at radius 2 is 1.92 bits per heavy atom. The number of fused-ring (bicyclic) bond motifs is 1. The summed E-state index contributed by atoms with van der Waals surface area (Å²) >= 11 is 0. The number of aryl methyl sites for hydroxylation is 1. The molecular formula is C18H22ClN3O2. The number of aromatic nitrogens is 3. The third-order valence-corrected chi connectivity index (χ3v) is 4.08. The van der Waals surface area contributed by atoms with Crippen LogP contribution in [0.15, 0.2) is 36.7 Å². The normalized spacial score (nSPS) is 10.6. The first-order chi connectivity index (χ1) is 11.2.